The molecule has 1 rings (SSSR count). The molecule has 1 aromatic carbocycles. The average Bonchev–Trinajstić information content (AvgIpc) is 2.19. The first-order valence-electron chi connectivity index (χ1n) is 5.10. The van der Waals surface area contributed by atoms with Crippen LogP contribution in [0.1, 0.15) is 17.3 Å². The maximum absolute atomic E-state index is 11.1. The topological polar surface area (TPSA) is 92.4 Å². The van der Waals surface area contributed by atoms with Gasteiger partial charge in [0.1, 0.15) is 0 Å². The summed E-state index contributed by atoms with van der Waals surface area (Å²) in [5, 5.41) is 12.0. The standard InChI is InChI=1S/C11H16N2O3S/c1-7(6-17(2)16)13-9-5-3-4-8(10(9)12)11(14)15/h3-5,7,13H,6,12H2,1-2H3,(H,14,15). The second-order valence-corrected chi connectivity index (χ2v) is 5.34. The third kappa shape index (κ3) is 3.74. The van der Waals surface area contributed by atoms with Gasteiger partial charge in [0.2, 0.25) is 0 Å². The fourth-order valence-corrected chi connectivity index (χ4v) is 2.32. The Bertz CT molecular complexity index is 448. The Kier molecular flexibility index (Phi) is 4.51. The monoisotopic (exact) mass is 256 g/mol. The third-order valence-corrected chi connectivity index (χ3v) is 3.19. The number of nitrogens with one attached hydrogen (secondary N) is 1. The Balaban J connectivity index is 2.88. The molecule has 1 aromatic rings. The number of aromatic carboxylic acids is 1. The van der Waals surface area contributed by atoms with Crippen LogP contribution in [0.3, 0.4) is 0 Å². The zero-order valence-corrected chi connectivity index (χ0v) is 10.6. The molecule has 0 aliphatic rings. The summed E-state index contributed by atoms with van der Waals surface area (Å²) in [7, 11) is -0.910. The van der Waals surface area contributed by atoms with E-state index >= 15 is 0 Å². The molecule has 6 heteroatoms. The van der Waals surface area contributed by atoms with Crippen LogP contribution in [0.4, 0.5) is 11.4 Å². The molecule has 0 radical (unpaired) electrons. The van der Waals surface area contributed by atoms with E-state index in [-0.39, 0.29) is 17.3 Å². The van der Waals surface area contributed by atoms with Gasteiger partial charge in [-0.15, -0.1) is 0 Å². The lowest BCUT2D eigenvalue weighted by molar-refractivity contribution is 0.0698. The zero-order chi connectivity index (χ0) is 13.0. The fraction of sp³-hybridized carbons (Fsp3) is 0.364. The smallest absolute Gasteiger partial charge is 0.337 e. The number of carboxylic acid groups (broad SMARTS) is 1. The van der Waals surface area contributed by atoms with Gasteiger partial charge in [0.25, 0.3) is 0 Å². The summed E-state index contributed by atoms with van der Waals surface area (Å²) in [5.41, 5.74) is 6.57. The van der Waals surface area contributed by atoms with Crippen LogP contribution >= 0.6 is 0 Å². The number of anilines is 2. The summed E-state index contributed by atoms with van der Waals surface area (Å²) in [6, 6.07) is 4.74. The third-order valence-electron chi connectivity index (χ3n) is 2.22. The van der Waals surface area contributed by atoms with Crippen molar-refractivity contribution in [3.63, 3.8) is 0 Å². The molecular formula is C11H16N2O3S. The second-order valence-electron chi connectivity index (χ2n) is 3.86. The SMILES string of the molecule is CC(CS(C)=O)Nc1cccc(C(=O)O)c1N. The Labute approximate surface area is 102 Å². The molecule has 0 saturated heterocycles. The molecule has 0 saturated carbocycles. The molecule has 0 spiro atoms. The summed E-state index contributed by atoms with van der Waals surface area (Å²) >= 11 is 0. The summed E-state index contributed by atoms with van der Waals surface area (Å²) in [4.78, 5) is 10.9. The van der Waals surface area contributed by atoms with Gasteiger partial charge in [-0.2, -0.15) is 0 Å². The number of nitrogens with two attached hydrogens (primary N) is 1. The van der Waals surface area contributed by atoms with Gasteiger partial charge in [-0.05, 0) is 19.1 Å². The maximum atomic E-state index is 11.1. The van der Waals surface area contributed by atoms with E-state index in [0.717, 1.165) is 0 Å². The minimum absolute atomic E-state index is 0.0350. The van der Waals surface area contributed by atoms with E-state index in [0.29, 0.717) is 11.4 Å². The van der Waals surface area contributed by atoms with Gasteiger partial charge in [0.05, 0.1) is 16.9 Å². The van der Waals surface area contributed by atoms with Crippen molar-refractivity contribution in [1.29, 1.82) is 0 Å². The molecule has 4 N–H and O–H groups in total. The fourth-order valence-electron chi connectivity index (χ4n) is 1.54. The van der Waals surface area contributed by atoms with Crippen LogP contribution in [0.15, 0.2) is 18.2 Å². The van der Waals surface area contributed by atoms with Gasteiger partial charge >= 0.3 is 5.97 Å². The van der Waals surface area contributed by atoms with Crippen LogP contribution in [0.25, 0.3) is 0 Å². The number of carboxylic acids is 1. The lowest BCUT2D eigenvalue weighted by Crippen LogP contribution is -2.23. The largest absolute Gasteiger partial charge is 0.478 e. The van der Waals surface area contributed by atoms with Crippen LogP contribution in [0.2, 0.25) is 0 Å². The molecule has 5 nitrogen and oxygen atoms in total. The molecule has 0 bridgehead atoms. The molecule has 0 amide bonds. The maximum Gasteiger partial charge on any atom is 0.337 e. The summed E-state index contributed by atoms with van der Waals surface area (Å²) in [6.07, 6.45) is 1.62. The van der Waals surface area contributed by atoms with Gasteiger partial charge in [0.15, 0.2) is 0 Å². The van der Waals surface area contributed by atoms with Crippen LogP contribution in [0, 0.1) is 0 Å². The molecule has 0 aliphatic heterocycles. The number of para-hydroxylation sites is 1. The lowest BCUT2D eigenvalue weighted by atomic mass is 10.1. The van der Waals surface area contributed by atoms with E-state index in [2.05, 4.69) is 5.32 Å². The van der Waals surface area contributed by atoms with Crippen LogP contribution in [-0.2, 0) is 10.8 Å². The number of benzene rings is 1. The highest BCUT2D eigenvalue weighted by atomic mass is 32.2. The van der Waals surface area contributed by atoms with E-state index in [1.54, 1.807) is 18.4 Å². The predicted molar refractivity (Wildman–Crippen MR) is 69.8 cm³/mol. The molecule has 0 aromatic heterocycles. The van der Waals surface area contributed by atoms with Crippen molar-refractivity contribution in [2.24, 2.45) is 0 Å². The minimum Gasteiger partial charge on any atom is -0.478 e. The Morgan fingerprint density at radius 1 is 1.59 bits per heavy atom. The lowest BCUT2D eigenvalue weighted by Gasteiger charge is -2.16. The van der Waals surface area contributed by atoms with Gasteiger partial charge in [-0.1, -0.05) is 6.07 Å². The summed E-state index contributed by atoms with van der Waals surface area (Å²) < 4.78 is 11.1. The summed E-state index contributed by atoms with van der Waals surface area (Å²) in [5.74, 6) is -0.575. The quantitative estimate of drug-likeness (QED) is 0.687. The zero-order valence-electron chi connectivity index (χ0n) is 9.77. The number of rotatable bonds is 5. The molecule has 17 heavy (non-hydrogen) atoms. The van der Waals surface area contributed by atoms with Gasteiger partial charge in [-0.25, -0.2) is 4.79 Å². The Morgan fingerprint density at radius 2 is 2.24 bits per heavy atom. The molecular weight excluding hydrogens is 240 g/mol. The first-order chi connectivity index (χ1) is 7.91. The van der Waals surface area contributed by atoms with Crippen LogP contribution in [-0.4, -0.2) is 33.3 Å². The van der Waals surface area contributed by atoms with Crippen LogP contribution in [0.5, 0.6) is 0 Å². The number of hydrogen-bond acceptors (Lipinski definition) is 4. The van der Waals surface area contributed by atoms with E-state index in [1.807, 2.05) is 6.92 Å². The molecule has 94 valence electrons. The molecule has 0 aliphatic carbocycles. The highest BCUT2D eigenvalue weighted by Gasteiger charge is 2.12. The van der Waals surface area contributed by atoms with Crippen molar-refractivity contribution >= 4 is 28.1 Å². The van der Waals surface area contributed by atoms with Crippen molar-refractivity contribution in [3.8, 4) is 0 Å². The van der Waals surface area contributed by atoms with Gasteiger partial charge in [0, 0.05) is 28.9 Å². The normalized spacial score (nSPS) is 14.0. The number of carbonyl (C=O) groups is 1. The number of hydrogen-bond donors (Lipinski definition) is 3. The van der Waals surface area contributed by atoms with Crippen molar-refractivity contribution in [3.05, 3.63) is 23.8 Å². The molecule has 0 heterocycles. The Hall–Kier alpha value is -1.56. The van der Waals surface area contributed by atoms with E-state index in [4.69, 9.17) is 10.8 Å². The van der Waals surface area contributed by atoms with Gasteiger partial charge in [-0.3, -0.25) is 4.21 Å². The van der Waals surface area contributed by atoms with Crippen molar-refractivity contribution in [2.45, 2.75) is 13.0 Å². The first-order valence-corrected chi connectivity index (χ1v) is 6.83. The number of nitrogen functional groups attached to an aromatic ring is 1. The summed E-state index contributed by atoms with van der Waals surface area (Å²) in [6.45, 7) is 1.87. The Morgan fingerprint density at radius 3 is 2.76 bits per heavy atom. The van der Waals surface area contributed by atoms with E-state index in [1.165, 1.54) is 6.07 Å². The van der Waals surface area contributed by atoms with Crippen molar-refractivity contribution in [2.75, 3.05) is 23.1 Å². The predicted octanol–water partition coefficient (Wildman–Crippen LogP) is 1.15. The van der Waals surface area contributed by atoms with Gasteiger partial charge < -0.3 is 16.2 Å². The molecule has 2 atom stereocenters. The molecule has 2 unspecified atom stereocenters. The van der Waals surface area contributed by atoms with Crippen LogP contribution < -0.4 is 11.1 Å². The molecule has 0 fully saturated rings. The van der Waals surface area contributed by atoms with E-state index in [9.17, 15) is 9.00 Å². The van der Waals surface area contributed by atoms with E-state index < -0.39 is 16.8 Å². The average molecular weight is 256 g/mol. The minimum atomic E-state index is -1.06. The second kappa shape index (κ2) is 5.67. The highest BCUT2D eigenvalue weighted by Crippen LogP contribution is 2.23. The van der Waals surface area contributed by atoms with Crippen molar-refractivity contribution < 1.29 is 14.1 Å². The van der Waals surface area contributed by atoms with Crippen molar-refractivity contribution in [1.82, 2.24) is 0 Å². The first kappa shape index (κ1) is 13.5. The highest BCUT2D eigenvalue weighted by molar-refractivity contribution is 7.84.